The summed E-state index contributed by atoms with van der Waals surface area (Å²) >= 11 is 1.27. The van der Waals surface area contributed by atoms with Gasteiger partial charge >= 0.3 is 0 Å². The molecule has 0 saturated heterocycles. The van der Waals surface area contributed by atoms with Gasteiger partial charge in [0.25, 0.3) is 5.91 Å². The van der Waals surface area contributed by atoms with Gasteiger partial charge in [0.05, 0.1) is 5.88 Å². The summed E-state index contributed by atoms with van der Waals surface area (Å²) in [7, 11) is 0. The lowest BCUT2D eigenvalue weighted by atomic mass is 10.0. The monoisotopic (exact) mass is 413 g/mol. The van der Waals surface area contributed by atoms with Crippen molar-refractivity contribution >= 4 is 30.3 Å². The van der Waals surface area contributed by atoms with Crippen LogP contribution in [0, 0.1) is 12.7 Å². The molecule has 150 valence electrons. The van der Waals surface area contributed by atoms with E-state index >= 15 is 0 Å². The van der Waals surface area contributed by atoms with E-state index in [1.165, 1.54) is 28.9 Å². The van der Waals surface area contributed by atoms with E-state index in [0.717, 1.165) is 23.3 Å². The summed E-state index contributed by atoms with van der Waals surface area (Å²) in [5.41, 5.74) is 2.17. The highest BCUT2D eigenvalue weighted by molar-refractivity contribution is 8.02. The van der Waals surface area contributed by atoms with Crippen molar-refractivity contribution in [3.05, 3.63) is 76.1 Å². The lowest BCUT2D eigenvalue weighted by Crippen LogP contribution is -2.40. The van der Waals surface area contributed by atoms with E-state index in [-0.39, 0.29) is 29.6 Å². The SMILES string of the molecule is C=N/C=C\SCNC(=O)C(c1cc(F)ccc1O)N1Cc2cccc(C)c2C1=O. The van der Waals surface area contributed by atoms with Crippen LogP contribution in [0.4, 0.5) is 4.39 Å². The summed E-state index contributed by atoms with van der Waals surface area (Å²) < 4.78 is 13.9. The predicted molar refractivity (Wildman–Crippen MR) is 111 cm³/mol. The van der Waals surface area contributed by atoms with E-state index in [4.69, 9.17) is 0 Å². The third kappa shape index (κ3) is 4.32. The Hall–Kier alpha value is -3.13. The number of phenols is 1. The molecule has 2 aromatic carbocycles. The number of nitrogens with one attached hydrogen (secondary N) is 1. The van der Waals surface area contributed by atoms with Crippen LogP contribution in [0.15, 0.2) is 53.0 Å². The number of aliphatic imine (C=N–C) groups is 1. The van der Waals surface area contributed by atoms with E-state index in [9.17, 15) is 19.1 Å². The van der Waals surface area contributed by atoms with Crippen LogP contribution in [0.2, 0.25) is 0 Å². The fourth-order valence-corrected chi connectivity index (χ4v) is 3.81. The molecule has 1 atom stereocenters. The quantitative estimate of drug-likeness (QED) is 0.413. The van der Waals surface area contributed by atoms with Crippen LogP contribution in [0.5, 0.6) is 5.75 Å². The standard InChI is InChI=1S/C21H20FN3O3S/c1-13-4-3-5-14-11-25(21(28)18(13)14)19(16-10-15(22)6-7-17(16)26)20(27)24-12-29-9-8-23-2/h3-10,19,26H,2,11-12H2,1H3,(H,24,27)/b9-8-. The zero-order valence-electron chi connectivity index (χ0n) is 15.8. The molecular weight excluding hydrogens is 393 g/mol. The molecule has 8 heteroatoms. The van der Waals surface area contributed by atoms with Gasteiger partial charge in [0, 0.05) is 23.9 Å². The van der Waals surface area contributed by atoms with E-state index in [1.54, 1.807) is 5.41 Å². The molecule has 0 saturated carbocycles. The molecule has 0 aliphatic carbocycles. The van der Waals surface area contributed by atoms with E-state index in [0.29, 0.717) is 5.56 Å². The lowest BCUT2D eigenvalue weighted by Gasteiger charge is -2.27. The molecule has 0 spiro atoms. The van der Waals surface area contributed by atoms with Gasteiger partial charge < -0.3 is 15.3 Å². The first-order valence-corrected chi connectivity index (χ1v) is 9.87. The Morgan fingerprint density at radius 2 is 2.24 bits per heavy atom. The molecule has 3 rings (SSSR count). The van der Waals surface area contributed by atoms with Crippen molar-refractivity contribution in [3.63, 3.8) is 0 Å². The Balaban J connectivity index is 1.94. The van der Waals surface area contributed by atoms with E-state index < -0.39 is 17.8 Å². The smallest absolute Gasteiger partial charge is 0.255 e. The van der Waals surface area contributed by atoms with Gasteiger partial charge in [-0.2, -0.15) is 0 Å². The number of phenolic OH excluding ortho intramolecular Hbond substituents is 1. The molecule has 2 amide bonds. The Morgan fingerprint density at radius 1 is 1.45 bits per heavy atom. The van der Waals surface area contributed by atoms with Gasteiger partial charge in [-0.25, -0.2) is 4.39 Å². The predicted octanol–water partition coefficient (Wildman–Crippen LogP) is 3.52. The normalized spacial score (nSPS) is 14.1. The molecule has 6 nitrogen and oxygen atoms in total. The Labute approximate surface area is 172 Å². The lowest BCUT2D eigenvalue weighted by molar-refractivity contribution is -0.125. The van der Waals surface area contributed by atoms with Crippen molar-refractivity contribution in [2.45, 2.75) is 19.5 Å². The number of halogens is 1. The first-order valence-electron chi connectivity index (χ1n) is 8.82. The van der Waals surface area contributed by atoms with Crippen LogP contribution in [-0.2, 0) is 11.3 Å². The highest BCUT2D eigenvalue weighted by Crippen LogP contribution is 2.36. The van der Waals surface area contributed by atoms with Gasteiger partial charge in [-0.15, -0.1) is 11.8 Å². The molecule has 0 bridgehead atoms. The van der Waals surface area contributed by atoms with E-state index in [1.807, 2.05) is 25.1 Å². The number of thioether (sulfide) groups is 1. The van der Waals surface area contributed by atoms with Crippen molar-refractivity contribution < 1.29 is 19.1 Å². The Kier molecular flexibility index (Phi) is 6.33. The zero-order valence-corrected chi connectivity index (χ0v) is 16.6. The van der Waals surface area contributed by atoms with Crippen LogP contribution in [0.25, 0.3) is 0 Å². The van der Waals surface area contributed by atoms with Crippen LogP contribution in [-0.4, -0.2) is 34.4 Å². The first kappa shape index (κ1) is 20.6. The van der Waals surface area contributed by atoms with Crippen molar-refractivity contribution in [1.82, 2.24) is 10.2 Å². The minimum Gasteiger partial charge on any atom is -0.508 e. The van der Waals surface area contributed by atoms with Gasteiger partial charge in [-0.1, -0.05) is 18.2 Å². The second kappa shape index (κ2) is 8.91. The molecule has 1 aliphatic rings. The Bertz CT molecular complexity index is 993. The molecule has 0 fully saturated rings. The van der Waals surface area contributed by atoms with Crippen LogP contribution in [0.1, 0.15) is 33.1 Å². The number of benzene rings is 2. The van der Waals surface area contributed by atoms with Gasteiger partial charge in [-0.3, -0.25) is 14.6 Å². The summed E-state index contributed by atoms with van der Waals surface area (Å²) in [6, 6.07) is 7.67. The molecule has 1 unspecified atom stereocenters. The topological polar surface area (TPSA) is 82.0 Å². The number of amides is 2. The van der Waals surface area contributed by atoms with Crippen molar-refractivity contribution in [2.75, 3.05) is 5.88 Å². The maximum absolute atomic E-state index is 13.9. The largest absolute Gasteiger partial charge is 0.508 e. The molecule has 0 radical (unpaired) electrons. The van der Waals surface area contributed by atoms with Crippen LogP contribution >= 0.6 is 11.8 Å². The summed E-state index contributed by atoms with van der Waals surface area (Å²) in [6.45, 7) is 5.34. The van der Waals surface area contributed by atoms with Crippen LogP contribution in [0.3, 0.4) is 0 Å². The average Bonchev–Trinajstić information content (AvgIpc) is 3.02. The zero-order chi connectivity index (χ0) is 21.0. The second-order valence-electron chi connectivity index (χ2n) is 6.47. The van der Waals surface area contributed by atoms with Gasteiger partial charge in [0.15, 0.2) is 0 Å². The number of hydrogen-bond donors (Lipinski definition) is 2. The summed E-state index contributed by atoms with van der Waals surface area (Å²) in [6.07, 6.45) is 1.48. The summed E-state index contributed by atoms with van der Waals surface area (Å²) in [5.74, 6) is -1.49. The van der Waals surface area contributed by atoms with Gasteiger partial charge in [0.1, 0.15) is 17.6 Å². The number of hydrogen-bond acceptors (Lipinski definition) is 5. The Morgan fingerprint density at radius 3 is 2.97 bits per heavy atom. The highest BCUT2D eigenvalue weighted by atomic mass is 32.2. The average molecular weight is 413 g/mol. The van der Waals surface area contributed by atoms with Gasteiger partial charge in [0.2, 0.25) is 5.91 Å². The molecule has 29 heavy (non-hydrogen) atoms. The number of fused-ring (bicyclic) bond motifs is 1. The van der Waals surface area contributed by atoms with Crippen molar-refractivity contribution in [3.8, 4) is 5.75 Å². The van der Waals surface area contributed by atoms with Crippen LogP contribution < -0.4 is 5.32 Å². The number of aromatic hydroxyl groups is 1. The molecule has 1 heterocycles. The van der Waals surface area contributed by atoms with Crippen molar-refractivity contribution in [1.29, 1.82) is 0 Å². The minimum absolute atomic E-state index is 0.0367. The number of carbonyl (C=O) groups excluding carboxylic acids is 2. The first-order chi connectivity index (χ1) is 13.9. The molecule has 2 aromatic rings. The second-order valence-corrected chi connectivity index (χ2v) is 7.36. The maximum atomic E-state index is 13.9. The fraction of sp³-hybridized carbons (Fsp3) is 0.190. The maximum Gasteiger partial charge on any atom is 0.255 e. The summed E-state index contributed by atoms with van der Waals surface area (Å²) in [5, 5.41) is 14.7. The summed E-state index contributed by atoms with van der Waals surface area (Å²) in [4.78, 5) is 31.0. The molecule has 2 N–H and O–H groups in total. The number of aryl methyl sites for hydroxylation is 1. The van der Waals surface area contributed by atoms with E-state index in [2.05, 4.69) is 17.0 Å². The minimum atomic E-state index is -1.17. The fourth-order valence-electron chi connectivity index (χ4n) is 3.31. The number of carbonyl (C=O) groups is 2. The molecular formula is C21H20FN3O3S. The third-order valence-corrected chi connectivity index (χ3v) is 5.24. The number of rotatable bonds is 7. The molecule has 0 aromatic heterocycles. The highest BCUT2D eigenvalue weighted by Gasteiger charge is 2.39. The third-order valence-electron chi connectivity index (χ3n) is 4.61. The van der Waals surface area contributed by atoms with Crippen molar-refractivity contribution in [2.24, 2.45) is 4.99 Å². The number of nitrogens with zero attached hydrogens (tertiary/aromatic N) is 2. The van der Waals surface area contributed by atoms with Gasteiger partial charge in [-0.05, 0) is 48.4 Å². The molecule has 1 aliphatic heterocycles.